The lowest BCUT2D eigenvalue weighted by molar-refractivity contribution is -0.117. The lowest BCUT2D eigenvalue weighted by Gasteiger charge is -2.14. The molecule has 2 amide bonds. The fourth-order valence-corrected chi connectivity index (χ4v) is 3.32. The van der Waals surface area contributed by atoms with Gasteiger partial charge >= 0.3 is 5.97 Å². The summed E-state index contributed by atoms with van der Waals surface area (Å²) in [5.74, 6) is -0.937. The van der Waals surface area contributed by atoms with E-state index in [9.17, 15) is 14.4 Å². The Bertz CT molecular complexity index is 1230. The molecule has 3 aromatic rings. The van der Waals surface area contributed by atoms with Crippen molar-refractivity contribution in [2.75, 3.05) is 12.1 Å². The lowest BCUT2D eigenvalue weighted by Crippen LogP contribution is -2.35. The number of amides is 2. The topological polar surface area (TPSA) is 88.9 Å². The van der Waals surface area contributed by atoms with Crippen LogP contribution in [-0.2, 0) is 14.3 Å². The number of carbonyl (C=O) groups excluding carboxylic acids is 3. The number of benzene rings is 2. The molecule has 0 spiro atoms. The Kier molecular flexibility index (Phi) is 5.54. The number of nitrogens with zero attached hydrogens (tertiary/aromatic N) is 1. The fraction of sp³-hybridized carbons (Fsp3) is 0.0455. The van der Waals surface area contributed by atoms with Gasteiger partial charge in [-0.15, -0.1) is 0 Å². The molecule has 0 aliphatic carbocycles. The van der Waals surface area contributed by atoms with E-state index in [1.165, 1.54) is 13.2 Å². The molecule has 1 N–H and O–H groups in total. The highest BCUT2D eigenvalue weighted by molar-refractivity contribution is 6.34. The molecule has 0 radical (unpaired) electrons. The van der Waals surface area contributed by atoms with Crippen LogP contribution in [0.3, 0.4) is 0 Å². The number of esters is 1. The van der Waals surface area contributed by atoms with Crippen molar-refractivity contribution in [2.24, 2.45) is 0 Å². The molecule has 9 heteroatoms. The van der Waals surface area contributed by atoms with Crippen LogP contribution in [0.1, 0.15) is 16.1 Å². The molecule has 0 atom stereocenters. The third-order valence-electron chi connectivity index (χ3n) is 4.55. The van der Waals surface area contributed by atoms with E-state index in [0.29, 0.717) is 27.8 Å². The van der Waals surface area contributed by atoms with Crippen LogP contribution in [0.2, 0.25) is 10.0 Å². The predicted molar refractivity (Wildman–Crippen MR) is 116 cm³/mol. The molecule has 1 aromatic heterocycles. The van der Waals surface area contributed by atoms with Crippen molar-refractivity contribution in [3.05, 3.63) is 81.5 Å². The average molecular weight is 457 g/mol. The minimum atomic E-state index is -0.573. The van der Waals surface area contributed by atoms with Crippen molar-refractivity contribution in [3.8, 4) is 11.3 Å². The van der Waals surface area contributed by atoms with Crippen LogP contribution in [0.5, 0.6) is 0 Å². The zero-order valence-corrected chi connectivity index (χ0v) is 17.5. The molecule has 1 saturated heterocycles. The van der Waals surface area contributed by atoms with Crippen LogP contribution in [-0.4, -0.2) is 24.9 Å². The van der Waals surface area contributed by atoms with Gasteiger partial charge in [0.2, 0.25) is 0 Å². The Balaban J connectivity index is 1.61. The highest BCUT2D eigenvalue weighted by Crippen LogP contribution is 2.29. The van der Waals surface area contributed by atoms with Gasteiger partial charge < -0.3 is 9.15 Å². The summed E-state index contributed by atoms with van der Waals surface area (Å²) in [6.45, 7) is 0. The second kappa shape index (κ2) is 8.29. The van der Waals surface area contributed by atoms with E-state index in [4.69, 9.17) is 32.4 Å². The van der Waals surface area contributed by atoms with E-state index in [1.807, 2.05) is 0 Å². The van der Waals surface area contributed by atoms with Crippen molar-refractivity contribution in [2.45, 2.75) is 0 Å². The van der Waals surface area contributed by atoms with Crippen molar-refractivity contribution < 1.29 is 23.5 Å². The van der Waals surface area contributed by atoms with Crippen molar-refractivity contribution >= 4 is 52.7 Å². The van der Waals surface area contributed by atoms with E-state index < -0.39 is 17.8 Å². The van der Waals surface area contributed by atoms with E-state index in [1.54, 1.807) is 54.6 Å². The first-order chi connectivity index (χ1) is 14.9. The molecule has 1 fully saturated rings. The number of ether oxygens (including phenoxy) is 1. The maximum atomic E-state index is 12.7. The highest BCUT2D eigenvalue weighted by atomic mass is 35.5. The van der Waals surface area contributed by atoms with Crippen LogP contribution in [0, 0.1) is 0 Å². The van der Waals surface area contributed by atoms with Gasteiger partial charge in [0.25, 0.3) is 11.8 Å². The zero-order valence-electron chi connectivity index (χ0n) is 16.0. The van der Waals surface area contributed by atoms with Crippen LogP contribution in [0.15, 0.2) is 64.6 Å². The number of hydrazine groups is 1. The number of hydrogen-bond donors (Lipinski definition) is 1. The van der Waals surface area contributed by atoms with Crippen molar-refractivity contribution in [1.29, 1.82) is 0 Å². The fourth-order valence-electron chi connectivity index (χ4n) is 3.00. The molecule has 2 heterocycles. The van der Waals surface area contributed by atoms with Gasteiger partial charge in [-0.3, -0.25) is 15.0 Å². The second-order valence-electron chi connectivity index (χ2n) is 6.50. The summed E-state index contributed by atoms with van der Waals surface area (Å²) in [5.41, 5.74) is 3.68. The van der Waals surface area contributed by atoms with Gasteiger partial charge in [-0.05, 0) is 60.7 Å². The molecule has 156 valence electrons. The first kappa shape index (κ1) is 20.7. The smallest absolute Gasteiger partial charge is 0.339 e. The van der Waals surface area contributed by atoms with Crippen LogP contribution in [0.25, 0.3) is 17.4 Å². The number of rotatable bonds is 4. The first-order valence-electron chi connectivity index (χ1n) is 8.98. The molecule has 31 heavy (non-hydrogen) atoms. The summed E-state index contributed by atoms with van der Waals surface area (Å²) < 4.78 is 10.5. The number of anilines is 1. The van der Waals surface area contributed by atoms with Crippen molar-refractivity contribution in [3.63, 3.8) is 0 Å². The molecule has 4 rings (SSSR count). The monoisotopic (exact) mass is 456 g/mol. The lowest BCUT2D eigenvalue weighted by atomic mass is 10.1. The number of furan rings is 1. The Morgan fingerprint density at radius 3 is 2.52 bits per heavy atom. The van der Waals surface area contributed by atoms with Gasteiger partial charge in [0.05, 0.1) is 23.4 Å². The number of methoxy groups -OCH3 is 1. The van der Waals surface area contributed by atoms with Crippen molar-refractivity contribution in [1.82, 2.24) is 5.43 Å². The molecule has 0 bridgehead atoms. The molecular formula is C22H14Cl2N2O5. The Hall–Kier alpha value is -3.55. The first-order valence-corrected chi connectivity index (χ1v) is 9.74. The zero-order chi connectivity index (χ0) is 22.1. The quantitative estimate of drug-likeness (QED) is 0.354. The summed E-state index contributed by atoms with van der Waals surface area (Å²) in [6, 6.07) is 14.5. The maximum absolute atomic E-state index is 12.7. The predicted octanol–water partition coefficient (Wildman–Crippen LogP) is 4.50. The second-order valence-corrected chi connectivity index (χ2v) is 7.35. The molecule has 1 aliphatic heterocycles. The Morgan fingerprint density at radius 2 is 1.81 bits per heavy atom. The van der Waals surface area contributed by atoms with Crippen LogP contribution < -0.4 is 10.4 Å². The van der Waals surface area contributed by atoms with Gasteiger partial charge in [-0.2, -0.15) is 0 Å². The summed E-state index contributed by atoms with van der Waals surface area (Å²) in [5, 5.41) is 1.90. The summed E-state index contributed by atoms with van der Waals surface area (Å²) in [7, 11) is 1.26. The number of halogens is 2. The maximum Gasteiger partial charge on any atom is 0.339 e. The van der Waals surface area contributed by atoms with Crippen LogP contribution in [0.4, 0.5) is 5.69 Å². The third kappa shape index (κ3) is 4.05. The van der Waals surface area contributed by atoms with Gasteiger partial charge in [-0.1, -0.05) is 23.2 Å². The normalized spacial score (nSPS) is 14.8. The largest absolute Gasteiger partial charge is 0.465 e. The van der Waals surface area contributed by atoms with E-state index in [-0.39, 0.29) is 16.2 Å². The van der Waals surface area contributed by atoms with Crippen LogP contribution >= 0.6 is 23.2 Å². The van der Waals surface area contributed by atoms with Gasteiger partial charge in [0.15, 0.2) is 0 Å². The minimum absolute atomic E-state index is 0.0813. The SMILES string of the molecule is COC(=O)c1cc(-c2ccc(C=C3C(=O)NN(c4ccc(Cl)cc4)C3=O)o2)ccc1Cl. The highest BCUT2D eigenvalue weighted by Gasteiger charge is 2.34. The molecule has 2 aromatic carbocycles. The number of nitrogens with one attached hydrogen (secondary N) is 1. The van der Waals surface area contributed by atoms with E-state index >= 15 is 0 Å². The molecule has 7 nitrogen and oxygen atoms in total. The molecule has 0 unspecified atom stereocenters. The van der Waals surface area contributed by atoms with Gasteiger partial charge in [0, 0.05) is 10.6 Å². The molecular weight excluding hydrogens is 443 g/mol. The number of carbonyl (C=O) groups is 3. The standard InChI is InChI=1S/C22H14Cl2N2O5/c1-30-22(29)16-10-12(2-8-18(16)24)19-9-7-15(31-19)11-17-20(27)25-26(21(17)28)14-5-3-13(23)4-6-14/h2-11H,1H3,(H,25,27). The van der Waals surface area contributed by atoms with Gasteiger partial charge in [0.1, 0.15) is 17.1 Å². The summed E-state index contributed by atoms with van der Waals surface area (Å²) >= 11 is 11.9. The third-order valence-corrected chi connectivity index (χ3v) is 5.13. The van der Waals surface area contributed by atoms with E-state index in [2.05, 4.69) is 5.43 Å². The molecule has 1 aliphatic rings. The Labute approximate surface area is 186 Å². The number of hydrogen-bond acceptors (Lipinski definition) is 5. The molecule has 0 saturated carbocycles. The van der Waals surface area contributed by atoms with E-state index in [0.717, 1.165) is 5.01 Å². The Morgan fingerprint density at radius 1 is 1.06 bits per heavy atom. The minimum Gasteiger partial charge on any atom is -0.465 e. The summed E-state index contributed by atoms with van der Waals surface area (Å²) in [6.07, 6.45) is 1.36. The van der Waals surface area contributed by atoms with Gasteiger partial charge in [-0.25, -0.2) is 9.80 Å². The summed E-state index contributed by atoms with van der Waals surface area (Å²) in [4.78, 5) is 36.9. The average Bonchev–Trinajstić information content (AvgIpc) is 3.34.